The van der Waals surface area contributed by atoms with Crippen LogP contribution in [0.15, 0.2) is 18.3 Å². The second-order valence-corrected chi connectivity index (χ2v) is 9.45. The second kappa shape index (κ2) is 7.32. The van der Waals surface area contributed by atoms with E-state index in [1.54, 1.807) is 17.2 Å². The molecule has 2 saturated heterocycles. The zero-order valence-electron chi connectivity index (χ0n) is 15.0. The van der Waals surface area contributed by atoms with Crippen LogP contribution in [0.4, 0.5) is 5.82 Å². The van der Waals surface area contributed by atoms with Crippen LogP contribution in [0.2, 0.25) is 0 Å². The zero-order chi connectivity index (χ0) is 18.0. The lowest BCUT2D eigenvalue weighted by Gasteiger charge is -2.32. The molecule has 138 valence electrons. The standard InChI is InChI=1S/C18H27N3O3S/c1-3-21(16-7-11-25(23,24)13-16)18(22)15-4-8-19-17(12-15)20-9-5-14(2)6-10-20/h4,8,12,14,16H,3,5-7,9-11,13H2,1-2H3. The highest BCUT2D eigenvalue weighted by molar-refractivity contribution is 7.91. The number of rotatable bonds is 4. The van der Waals surface area contributed by atoms with Crippen LogP contribution >= 0.6 is 0 Å². The monoisotopic (exact) mass is 365 g/mol. The highest BCUT2D eigenvalue weighted by atomic mass is 32.2. The Morgan fingerprint density at radius 3 is 2.64 bits per heavy atom. The van der Waals surface area contributed by atoms with E-state index in [-0.39, 0.29) is 23.5 Å². The van der Waals surface area contributed by atoms with Gasteiger partial charge in [-0.15, -0.1) is 0 Å². The Bertz CT molecular complexity index is 727. The van der Waals surface area contributed by atoms with Crippen LogP contribution in [0.5, 0.6) is 0 Å². The van der Waals surface area contributed by atoms with E-state index in [9.17, 15) is 13.2 Å². The van der Waals surface area contributed by atoms with Gasteiger partial charge in [0.25, 0.3) is 5.91 Å². The van der Waals surface area contributed by atoms with Crippen molar-refractivity contribution in [2.45, 2.75) is 39.2 Å². The normalized spacial score (nSPS) is 23.6. The van der Waals surface area contributed by atoms with Crippen LogP contribution in [0.1, 0.15) is 43.5 Å². The first kappa shape index (κ1) is 18.2. The van der Waals surface area contributed by atoms with Crippen LogP contribution in [0.25, 0.3) is 0 Å². The van der Waals surface area contributed by atoms with Gasteiger partial charge in [0.2, 0.25) is 0 Å². The van der Waals surface area contributed by atoms with Gasteiger partial charge < -0.3 is 9.80 Å². The second-order valence-electron chi connectivity index (χ2n) is 7.22. The maximum atomic E-state index is 12.9. The number of aromatic nitrogens is 1. The number of carbonyl (C=O) groups excluding carboxylic acids is 1. The van der Waals surface area contributed by atoms with Crippen molar-refractivity contribution in [3.05, 3.63) is 23.9 Å². The van der Waals surface area contributed by atoms with Crippen molar-refractivity contribution in [3.8, 4) is 0 Å². The quantitative estimate of drug-likeness (QED) is 0.816. The molecule has 3 rings (SSSR count). The molecule has 7 heteroatoms. The maximum absolute atomic E-state index is 12.9. The molecule has 25 heavy (non-hydrogen) atoms. The van der Waals surface area contributed by atoms with E-state index in [1.807, 2.05) is 13.0 Å². The topological polar surface area (TPSA) is 70.6 Å². The lowest BCUT2D eigenvalue weighted by atomic mass is 9.99. The number of piperidine rings is 1. The Labute approximate surface area is 150 Å². The van der Waals surface area contributed by atoms with Gasteiger partial charge in [0.15, 0.2) is 9.84 Å². The van der Waals surface area contributed by atoms with Gasteiger partial charge >= 0.3 is 0 Å². The van der Waals surface area contributed by atoms with Gasteiger partial charge in [0.1, 0.15) is 5.82 Å². The molecule has 1 aromatic heterocycles. The molecular weight excluding hydrogens is 338 g/mol. The predicted octanol–water partition coefficient (Wildman–Crippen LogP) is 1.97. The van der Waals surface area contributed by atoms with Gasteiger partial charge in [-0.1, -0.05) is 6.92 Å². The Morgan fingerprint density at radius 2 is 2.04 bits per heavy atom. The molecule has 1 unspecified atom stereocenters. The van der Waals surface area contributed by atoms with Crippen LogP contribution in [0, 0.1) is 5.92 Å². The third-order valence-corrected chi connectivity index (χ3v) is 7.10. The minimum absolute atomic E-state index is 0.0779. The highest BCUT2D eigenvalue weighted by Gasteiger charge is 2.34. The summed E-state index contributed by atoms with van der Waals surface area (Å²) in [6, 6.07) is 3.37. The van der Waals surface area contributed by atoms with Crippen molar-refractivity contribution in [2.24, 2.45) is 5.92 Å². The third kappa shape index (κ3) is 4.14. The Kier molecular flexibility index (Phi) is 5.32. The molecule has 2 fully saturated rings. The summed E-state index contributed by atoms with van der Waals surface area (Å²) in [5, 5.41) is 0. The average molecular weight is 365 g/mol. The fraction of sp³-hybridized carbons (Fsp3) is 0.667. The van der Waals surface area contributed by atoms with Crippen LogP contribution in [0.3, 0.4) is 0 Å². The van der Waals surface area contributed by atoms with Gasteiger partial charge in [-0.2, -0.15) is 0 Å². The molecule has 0 spiro atoms. The van der Waals surface area contributed by atoms with Crippen molar-refractivity contribution in [2.75, 3.05) is 36.0 Å². The Hall–Kier alpha value is -1.63. The van der Waals surface area contributed by atoms with Gasteiger partial charge in [-0.3, -0.25) is 4.79 Å². The van der Waals surface area contributed by atoms with Gasteiger partial charge in [-0.25, -0.2) is 13.4 Å². The van der Waals surface area contributed by atoms with Crippen molar-refractivity contribution in [1.82, 2.24) is 9.88 Å². The summed E-state index contributed by atoms with van der Waals surface area (Å²) in [4.78, 5) is 21.3. The molecule has 0 N–H and O–H groups in total. The first-order valence-electron chi connectivity index (χ1n) is 9.12. The fourth-order valence-electron chi connectivity index (χ4n) is 3.72. The fourth-order valence-corrected chi connectivity index (χ4v) is 5.45. The van der Waals surface area contributed by atoms with Crippen molar-refractivity contribution in [1.29, 1.82) is 0 Å². The summed E-state index contributed by atoms with van der Waals surface area (Å²) in [5.41, 5.74) is 0.592. The number of amides is 1. The molecule has 0 bridgehead atoms. The number of hydrogen-bond donors (Lipinski definition) is 0. The zero-order valence-corrected chi connectivity index (χ0v) is 15.8. The molecule has 3 heterocycles. The third-order valence-electron chi connectivity index (χ3n) is 5.35. The summed E-state index contributed by atoms with van der Waals surface area (Å²) in [5.74, 6) is 1.73. The lowest BCUT2D eigenvalue weighted by Crippen LogP contribution is -2.41. The number of pyridine rings is 1. The van der Waals surface area contributed by atoms with E-state index < -0.39 is 9.84 Å². The first-order chi connectivity index (χ1) is 11.9. The number of carbonyl (C=O) groups is 1. The van der Waals surface area contributed by atoms with Crippen LogP contribution in [-0.4, -0.2) is 61.4 Å². The molecule has 6 nitrogen and oxygen atoms in total. The lowest BCUT2D eigenvalue weighted by molar-refractivity contribution is 0.0708. The maximum Gasteiger partial charge on any atom is 0.254 e. The Morgan fingerprint density at radius 1 is 1.32 bits per heavy atom. The minimum Gasteiger partial charge on any atom is -0.357 e. The van der Waals surface area contributed by atoms with Gasteiger partial charge in [0, 0.05) is 37.4 Å². The minimum atomic E-state index is -3.01. The molecular formula is C18H27N3O3S. The summed E-state index contributed by atoms with van der Waals surface area (Å²) in [6.07, 6.45) is 4.49. The van der Waals surface area contributed by atoms with E-state index in [0.29, 0.717) is 18.5 Å². The van der Waals surface area contributed by atoms with E-state index in [2.05, 4.69) is 16.8 Å². The highest BCUT2D eigenvalue weighted by Crippen LogP contribution is 2.24. The van der Waals surface area contributed by atoms with Crippen molar-refractivity contribution < 1.29 is 13.2 Å². The molecule has 0 aliphatic carbocycles. The molecule has 2 aliphatic heterocycles. The van der Waals surface area contributed by atoms with Crippen LogP contribution < -0.4 is 4.90 Å². The van der Waals surface area contributed by atoms with E-state index in [0.717, 1.165) is 37.7 Å². The number of nitrogens with zero attached hydrogens (tertiary/aromatic N) is 3. The Balaban J connectivity index is 1.76. The number of anilines is 1. The summed E-state index contributed by atoms with van der Waals surface area (Å²) < 4.78 is 23.5. The van der Waals surface area contributed by atoms with Gasteiger partial charge in [0.05, 0.1) is 11.5 Å². The SMILES string of the molecule is CCN(C(=O)c1ccnc(N2CCC(C)CC2)c1)C1CCS(=O)(=O)C1. The van der Waals surface area contributed by atoms with Gasteiger partial charge in [-0.05, 0) is 44.2 Å². The smallest absolute Gasteiger partial charge is 0.254 e. The molecule has 0 radical (unpaired) electrons. The van der Waals surface area contributed by atoms with Crippen molar-refractivity contribution in [3.63, 3.8) is 0 Å². The summed E-state index contributed by atoms with van der Waals surface area (Å²) in [6.45, 7) is 6.60. The van der Waals surface area contributed by atoms with Crippen LogP contribution in [-0.2, 0) is 9.84 Å². The largest absolute Gasteiger partial charge is 0.357 e. The predicted molar refractivity (Wildman–Crippen MR) is 98.6 cm³/mol. The molecule has 1 atom stereocenters. The molecule has 0 saturated carbocycles. The molecule has 0 aromatic carbocycles. The number of hydrogen-bond acceptors (Lipinski definition) is 5. The first-order valence-corrected chi connectivity index (χ1v) is 10.9. The molecule has 2 aliphatic rings. The van der Waals surface area contributed by atoms with Crippen molar-refractivity contribution >= 4 is 21.6 Å². The molecule has 1 aromatic rings. The van der Waals surface area contributed by atoms with E-state index >= 15 is 0 Å². The summed E-state index contributed by atoms with van der Waals surface area (Å²) >= 11 is 0. The summed E-state index contributed by atoms with van der Waals surface area (Å²) in [7, 11) is -3.01. The van der Waals surface area contributed by atoms with E-state index in [1.165, 1.54) is 0 Å². The number of sulfone groups is 1. The van der Waals surface area contributed by atoms with E-state index in [4.69, 9.17) is 0 Å². The molecule has 1 amide bonds. The average Bonchev–Trinajstić information content (AvgIpc) is 2.96.